The van der Waals surface area contributed by atoms with E-state index in [1.807, 2.05) is 31.2 Å². The lowest BCUT2D eigenvalue weighted by atomic mass is 10.0. The standard InChI is InChI=1S/C16H20ClNO3S/c1-11-14(16(20)21)8-9-18(11)15(19)3-2-10-22-13-6-4-12(17)5-7-13/h4-7,11,14H,2-3,8-10H2,1H3,(H,20,21). The van der Waals surface area contributed by atoms with E-state index in [0.717, 1.165) is 22.1 Å². The van der Waals surface area contributed by atoms with Gasteiger partial charge in [-0.25, -0.2) is 0 Å². The smallest absolute Gasteiger partial charge is 0.308 e. The lowest BCUT2D eigenvalue weighted by molar-refractivity contribution is -0.143. The fourth-order valence-electron chi connectivity index (χ4n) is 2.71. The Hall–Kier alpha value is -1.20. The molecule has 1 saturated heterocycles. The first kappa shape index (κ1) is 17.2. The van der Waals surface area contributed by atoms with Crippen molar-refractivity contribution in [1.29, 1.82) is 0 Å². The molecule has 1 aromatic rings. The third kappa shape index (κ3) is 4.40. The maximum atomic E-state index is 12.2. The van der Waals surface area contributed by atoms with Gasteiger partial charge in [-0.15, -0.1) is 11.8 Å². The number of benzene rings is 1. The molecular formula is C16H20ClNO3S. The molecule has 2 atom stereocenters. The Morgan fingerprint density at radius 1 is 1.36 bits per heavy atom. The summed E-state index contributed by atoms with van der Waals surface area (Å²) in [6.07, 6.45) is 1.81. The second kappa shape index (κ2) is 7.88. The number of aliphatic carboxylic acids is 1. The van der Waals surface area contributed by atoms with E-state index in [9.17, 15) is 9.59 Å². The van der Waals surface area contributed by atoms with Gasteiger partial charge in [0, 0.05) is 28.9 Å². The number of halogens is 1. The van der Waals surface area contributed by atoms with Crippen molar-refractivity contribution in [2.45, 2.75) is 37.1 Å². The number of likely N-dealkylation sites (tertiary alicyclic amines) is 1. The zero-order chi connectivity index (χ0) is 16.1. The quantitative estimate of drug-likeness (QED) is 0.635. The Kier molecular flexibility index (Phi) is 6.15. The normalized spacial score (nSPS) is 21.1. The SMILES string of the molecule is CC1C(C(=O)O)CCN1C(=O)CCCSc1ccc(Cl)cc1. The van der Waals surface area contributed by atoms with Crippen LogP contribution in [0.5, 0.6) is 0 Å². The molecule has 0 saturated carbocycles. The van der Waals surface area contributed by atoms with Crippen LogP contribution in [0.3, 0.4) is 0 Å². The third-order valence-electron chi connectivity index (χ3n) is 4.01. The molecule has 1 aromatic carbocycles. The van der Waals surface area contributed by atoms with Crippen molar-refractivity contribution < 1.29 is 14.7 Å². The van der Waals surface area contributed by atoms with Crippen LogP contribution >= 0.6 is 23.4 Å². The number of nitrogens with zero attached hydrogens (tertiary/aromatic N) is 1. The van der Waals surface area contributed by atoms with E-state index >= 15 is 0 Å². The van der Waals surface area contributed by atoms with Gasteiger partial charge >= 0.3 is 5.97 Å². The van der Waals surface area contributed by atoms with E-state index in [2.05, 4.69) is 0 Å². The van der Waals surface area contributed by atoms with E-state index < -0.39 is 11.9 Å². The molecule has 1 amide bonds. The molecule has 1 heterocycles. The number of carboxylic acid groups (broad SMARTS) is 1. The Bertz CT molecular complexity index is 535. The average molecular weight is 342 g/mol. The van der Waals surface area contributed by atoms with Crippen molar-refractivity contribution in [3.8, 4) is 0 Å². The highest BCUT2D eigenvalue weighted by Gasteiger charge is 2.37. The minimum absolute atomic E-state index is 0.0629. The van der Waals surface area contributed by atoms with Gasteiger partial charge in [-0.05, 0) is 49.8 Å². The van der Waals surface area contributed by atoms with E-state index in [0.29, 0.717) is 19.4 Å². The van der Waals surface area contributed by atoms with Crippen LogP contribution in [0.15, 0.2) is 29.2 Å². The van der Waals surface area contributed by atoms with Crippen LogP contribution in [0, 0.1) is 5.92 Å². The van der Waals surface area contributed by atoms with Crippen LogP contribution < -0.4 is 0 Å². The van der Waals surface area contributed by atoms with Crippen molar-refractivity contribution in [2.75, 3.05) is 12.3 Å². The maximum Gasteiger partial charge on any atom is 0.308 e. The number of thioether (sulfide) groups is 1. The molecule has 0 aromatic heterocycles. The summed E-state index contributed by atoms with van der Waals surface area (Å²) in [5, 5.41) is 9.81. The summed E-state index contributed by atoms with van der Waals surface area (Å²) in [5.74, 6) is -0.306. The average Bonchev–Trinajstić information content (AvgIpc) is 2.87. The first-order valence-electron chi connectivity index (χ1n) is 7.39. The van der Waals surface area contributed by atoms with Crippen molar-refractivity contribution in [1.82, 2.24) is 4.90 Å². The van der Waals surface area contributed by atoms with Crippen molar-refractivity contribution >= 4 is 35.2 Å². The summed E-state index contributed by atoms with van der Waals surface area (Å²) in [6, 6.07) is 7.44. The number of carbonyl (C=O) groups excluding carboxylic acids is 1. The van der Waals surface area contributed by atoms with E-state index in [1.54, 1.807) is 16.7 Å². The number of amides is 1. The monoisotopic (exact) mass is 341 g/mol. The van der Waals surface area contributed by atoms with Gasteiger partial charge in [0.25, 0.3) is 0 Å². The van der Waals surface area contributed by atoms with Crippen LogP contribution in [0.25, 0.3) is 0 Å². The Balaban J connectivity index is 1.72. The molecule has 0 bridgehead atoms. The van der Waals surface area contributed by atoms with Crippen LogP contribution in [0.4, 0.5) is 0 Å². The number of carboxylic acids is 1. The Morgan fingerprint density at radius 2 is 2.05 bits per heavy atom. The molecule has 1 aliphatic rings. The lowest BCUT2D eigenvalue weighted by Crippen LogP contribution is -2.37. The van der Waals surface area contributed by atoms with Crippen LogP contribution in [-0.4, -0.2) is 40.2 Å². The van der Waals surface area contributed by atoms with Gasteiger partial charge in [0.2, 0.25) is 5.91 Å². The molecule has 0 aliphatic carbocycles. The minimum atomic E-state index is -0.805. The first-order valence-corrected chi connectivity index (χ1v) is 8.76. The predicted octanol–water partition coefficient (Wildman–Crippen LogP) is 3.53. The summed E-state index contributed by atoms with van der Waals surface area (Å²) in [4.78, 5) is 26.1. The van der Waals surface area contributed by atoms with Crippen LogP contribution in [0.2, 0.25) is 5.02 Å². The topological polar surface area (TPSA) is 57.6 Å². The van der Waals surface area contributed by atoms with Crippen molar-refractivity contribution in [2.24, 2.45) is 5.92 Å². The van der Waals surface area contributed by atoms with Gasteiger partial charge in [-0.1, -0.05) is 11.6 Å². The minimum Gasteiger partial charge on any atom is -0.481 e. The highest BCUT2D eigenvalue weighted by molar-refractivity contribution is 7.99. The second-order valence-electron chi connectivity index (χ2n) is 5.47. The molecule has 0 spiro atoms. The van der Waals surface area contributed by atoms with E-state index in [1.165, 1.54) is 0 Å². The van der Waals surface area contributed by atoms with Gasteiger partial charge in [0.1, 0.15) is 0 Å². The second-order valence-corrected chi connectivity index (χ2v) is 7.07. The van der Waals surface area contributed by atoms with Gasteiger partial charge in [-0.3, -0.25) is 9.59 Å². The molecule has 120 valence electrons. The zero-order valence-corrected chi connectivity index (χ0v) is 14.1. The molecule has 2 rings (SSSR count). The molecule has 6 heteroatoms. The van der Waals surface area contributed by atoms with Crippen molar-refractivity contribution in [3.63, 3.8) is 0 Å². The molecule has 1 aliphatic heterocycles. The van der Waals surface area contributed by atoms with Gasteiger partial charge < -0.3 is 10.0 Å². The molecule has 1 N–H and O–H groups in total. The summed E-state index contributed by atoms with van der Waals surface area (Å²) in [5.41, 5.74) is 0. The van der Waals surface area contributed by atoms with Crippen LogP contribution in [0.1, 0.15) is 26.2 Å². The highest BCUT2D eigenvalue weighted by atomic mass is 35.5. The third-order valence-corrected chi connectivity index (χ3v) is 5.36. The van der Waals surface area contributed by atoms with Gasteiger partial charge in [0.05, 0.1) is 5.92 Å². The number of hydrogen-bond donors (Lipinski definition) is 1. The number of carbonyl (C=O) groups is 2. The Labute approximate surface area is 139 Å². The predicted molar refractivity (Wildman–Crippen MR) is 88.3 cm³/mol. The van der Waals surface area contributed by atoms with Crippen LogP contribution in [-0.2, 0) is 9.59 Å². The Morgan fingerprint density at radius 3 is 2.64 bits per heavy atom. The molecule has 1 fully saturated rings. The lowest BCUT2D eigenvalue weighted by Gasteiger charge is -2.23. The van der Waals surface area contributed by atoms with Gasteiger partial charge in [-0.2, -0.15) is 0 Å². The number of rotatable bonds is 6. The largest absolute Gasteiger partial charge is 0.481 e. The fraction of sp³-hybridized carbons (Fsp3) is 0.500. The molecule has 22 heavy (non-hydrogen) atoms. The van der Waals surface area contributed by atoms with Gasteiger partial charge in [0.15, 0.2) is 0 Å². The maximum absolute atomic E-state index is 12.2. The van der Waals surface area contributed by atoms with Crippen molar-refractivity contribution in [3.05, 3.63) is 29.3 Å². The fourth-order valence-corrected chi connectivity index (χ4v) is 3.69. The molecule has 2 unspecified atom stereocenters. The molecular weight excluding hydrogens is 322 g/mol. The van der Waals surface area contributed by atoms with E-state index in [-0.39, 0.29) is 11.9 Å². The highest BCUT2D eigenvalue weighted by Crippen LogP contribution is 2.26. The summed E-state index contributed by atoms with van der Waals surface area (Å²) < 4.78 is 0. The summed E-state index contributed by atoms with van der Waals surface area (Å²) in [6.45, 7) is 2.38. The molecule has 0 radical (unpaired) electrons. The summed E-state index contributed by atoms with van der Waals surface area (Å²) >= 11 is 7.53. The number of hydrogen-bond acceptors (Lipinski definition) is 3. The first-order chi connectivity index (χ1) is 10.5. The zero-order valence-electron chi connectivity index (χ0n) is 12.5. The van der Waals surface area contributed by atoms with E-state index in [4.69, 9.17) is 16.7 Å². The summed E-state index contributed by atoms with van der Waals surface area (Å²) in [7, 11) is 0. The molecule has 4 nitrogen and oxygen atoms in total.